The van der Waals surface area contributed by atoms with Crippen LogP contribution in [0.25, 0.3) is 16.5 Å². The van der Waals surface area contributed by atoms with Crippen LogP contribution < -0.4 is 4.74 Å². The molecule has 0 saturated heterocycles. The highest BCUT2D eigenvalue weighted by atomic mass is 16.5. The fourth-order valence-corrected chi connectivity index (χ4v) is 4.38. The van der Waals surface area contributed by atoms with E-state index in [0.29, 0.717) is 0 Å². The SMILES string of the molecule is COC1=C(c2ccccc2)CCC[C@@]1(C)c1c[nH]c2ccc(OC)cc12. The summed E-state index contributed by atoms with van der Waals surface area (Å²) in [6, 6.07) is 16.8. The molecule has 1 atom stereocenters. The van der Waals surface area contributed by atoms with Gasteiger partial charge in [-0.1, -0.05) is 30.3 Å². The summed E-state index contributed by atoms with van der Waals surface area (Å²) >= 11 is 0. The number of aromatic amines is 1. The first-order chi connectivity index (χ1) is 12.7. The molecule has 3 nitrogen and oxygen atoms in total. The van der Waals surface area contributed by atoms with Crippen LogP contribution >= 0.6 is 0 Å². The quantitative estimate of drug-likeness (QED) is 0.659. The largest absolute Gasteiger partial charge is 0.500 e. The van der Waals surface area contributed by atoms with E-state index in [1.54, 1.807) is 14.2 Å². The van der Waals surface area contributed by atoms with Crippen molar-refractivity contribution in [3.05, 3.63) is 71.6 Å². The number of benzene rings is 2. The van der Waals surface area contributed by atoms with Gasteiger partial charge in [0.2, 0.25) is 0 Å². The number of hydrogen-bond acceptors (Lipinski definition) is 2. The second-order valence-corrected chi connectivity index (χ2v) is 7.18. The standard InChI is InChI=1S/C23H25NO2/c1-23(20-15-24-21-12-11-17(25-2)14-19(20)21)13-7-10-18(22(23)26-3)16-8-5-4-6-9-16/h4-6,8-9,11-12,14-15,24H,7,10,13H2,1-3H3/t23-/m0/s1. The average molecular weight is 347 g/mol. The van der Waals surface area contributed by atoms with Gasteiger partial charge in [-0.05, 0) is 61.1 Å². The molecular weight excluding hydrogens is 322 g/mol. The fourth-order valence-electron chi connectivity index (χ4n) is 4.38. The van der Waals surface area contributed by atoms with Crippen molar-refractivity contribution in [2.75, 3.05) is 14.2 Å². The predicted molar refractivity (Wildman–Crippen MR) is 106 cm³/mol. The molecule has 1 heterocycles. The Kier molecular flexibility index (Phi) is 4.23. The van der Waals surface area contributed by atoms with Gasteiger partial charge >= 0.3 is 0 Å². The first-order valence-corrected chi connectivity index (χ1v) is 9.16. The molecule has 4 rings (SSSR count). The van der Waals surface area contributed by atoms with Crippen LogP contribution in [0.2, 0.25) is 0 Å². The van der Waals surface area contributed by atoms with E-state index in [1.165, 1.54) is 22.1 Å². The molecule has 1 aliphatic carbocycles. The van der Waals surface area contributed by atoms with Crippen LogP contribution in [0.5, 0.6) is 5.75 Å². The smallest absolute Gasteiger partial charge is 0.119 e. The maximum Gasteiger partial charge on any atom is 0.119 e. The molecule has 0 spiro atoms. The summed E-state index contributed by atoms with van der Waals surface area (Å²) in [7, 11) is 3.51. The van der Waals surface area contributed by atoms with Gasteiger partial charge in [-0.25, -0.2) is 0 Å². The number of rotatable bonds is 4. The summed E-state index contributed by atoms with van der Waals surface area (Å²) in [6.07, 6.45) is 5.40. The van der Waals surface area contributed by atoms with Crippen LogP contribution in [-0.4, -0.2) is 19.2 Å². The number of hydrogen-bond donors (Lipinski definition) is 1. The number of nitrogens with one attached hydrogen (secondary N) is 1. The van der Waals surface area contributed by atoms with Gasteiger partial charge in [-0.15, -0.1) is 0 Å². The summed E-state index contributed by atoms with van der Waals surface area (Å²) in [5.41, 5.74) is 4.82. The summed E-state index contributed by atoms with van der Waals surface area (Å²) in [4.78, 5) is 3.43. The van der Waals surface area contributed by atoms with Crippen LogP contribution in [0, 0.1) is 0 Å². The summed E-state index contributed by atoms with van der Waals surface area (Å²) in [6.45, 7) is 2.30. The topological polar surface area (TPSA) is 34.2 Å². The molecular formula is C23H25NO2. The van der Waals surface area contributed by atoms with Crippen LogP contribution in [0.15, 0.2) is 60.5 Å². The number of ether oxygens (including phenoxy) is 2. The Bertz CT molecular complexity index is 955. The van der Waals surface area contributed by atoms with Gasteiger partial charge in [0.1, 0.15) is 11.5 Å². The van der Waals surface area contributed by atoms with E-state index >= 15 is 0 Å². The van der Waals surface area contributed by atoms with Crippen LogP contribution in [0.4, 0.5) is 0 Å². The van der Waals surface area contributed by atoms with Crippen molar-refractivity contribution in [2.45, 2.75) is 31.6 Å². The zero-order chi connectivity index (χ0) is 18.1. The summed E-state index contributed by atoms with van der Waals surface area (Å²) in [5, 5.41) is 1.20. The molecule has 26 heavy (non-hydrogen) atoms. The van der Waals surface area contributed by atoms with Crippen molar-refractivity contribution in [1.29, 1.82) is 0 Å². The van der Waals surface area contributed by atoms with E-state index in [4.69, 9.17) is 9.47 Å². The molecule has 0 aliphatic heterocycles. The lowest BCUT2D eigenvalue weighted by Crippen LogP contribution is -2.29. The molecule has 1 aliphatic rings. The van der Waals surface area contributed by atoms with Crippen LogP contribution in [-0.2, 0) is 10.2 Å². The van der Waals surface area contributed by atoms with Crippen LogP contribution in [0.1, 0.15) is 37.3 Å². The third-order valence-electron chi connectivity index (χ3n) is 5.69. The lowest BCUT2D eigenvalue weighted by molar-refractivity contribution is 0.213. The number of aromatic nitrogens is 1. The molecule has 0 saturated carbocycles. The van der Waals surface area contributed by atoms with Crippen molar-refractivity contribution < 1.29 is 9.47 Å². The van der Waals surface area contributed by atoms with Gasteiger partial charge in [0.05, 0.1) is 19.6 Å². The minimum atomic E-state index is -0.164. The molecule has 0 unspecified atom stereocenters. The minimum Gasteiger partial charge on any atom is -0.500 e. The minimum absolute atomic E-state index is 0.164. The number of fused-ring (bicyclic) bond motifs is 1. The van der Waals surface area contributed by atoms with E-state index in [0.717, 1.165) is 36.3 Å². The zero-order valence-corrected chi connectivity index (χ0v) is 15.6. The maximum atomic E-state index is 6.04. The van der Waals surface area contributed by atoms with Gasteiger partial charge in [-0.2, -0.15) is 0 Å². The predicted octanol–water partition coefficient (Wildman–Crippen LogP) is 5.68. The average Bonchev–Trinajstić information content (AvgIpc) is 3.12. The van der Waals surface area contributed by atoms with Crippen LogP contribution in [0.3, 0.4) is 0 Å². The molecule has 0 bridgehead atoms. The highest BCUT2D eigenvalue weighted by Crippen LogP contribution is 2.48. The van der Waals surface area contributed by atoms with Gasteiger partial charge in [-0.3, -0.25) is 0 Å². The Morgan fingerprint density at radius 1 is 1.00 bits per heavy atom. The van der Waals surface area contributed by atoms with Crippen molar-refractivity contribution in [2.24, 2.45) is 0 Å². The molecule has 0 fully saturated rings. The number of methoxy groups -OCH3 is 2. The van der Waals surface area contributed by atoms with E-state index in [2.05, 4.69) is 60.6 Å². The second-order valence-electron chi connectivity index (χ2n) is 7.18. The van der Waals surface area contributed by atoms with Gasteiger partial charge in [0.25, 0.3) is 0 Å². The zero-order valence-electron chi connectivity index (χ0n) is 15.6. The highest BCUT2D eigenvalue weighted by molar-refractivity contribution is 5.87. The number of allylic oxidation sites excluding steroid dienone is 2. The molecule has 1 aromatic heterocycles. The van der Waals surface area contributed by atoms with Gasteiger partial charge in [0.15, 0.2) is 0 Å². The van der Waals surface area contributed by atoms with Crippen molar-refractivity contribution in [1.82, 2.24) is 4.98 Å². The summed E-state index contributed by atoms with van der Waals surface area (Å²) < 4.78 is 11.5. The lowest BCUT2D eigenvalue weighted by atomic mass is 9.70. The molecule has 3 aromatic rings. The number of H-pyrrole nitrogens is 1. The van der Waals surface area contributed by atoms with Gasteiger partial charge in [0, 0.05) is 17.1 Å². The Balaban J connectivity index is 1.92. The lowest BCUT2D eigenvalue weighted by Gasteiger charge is -2.37. The Labute approximate surface area is 154 Å². The highest BCUT2D eigenvalue weighted by Gasteiger charge is 2.39. The monoisotopic (exact) mass is 347 g/mol. The molecule has 134 valence electrons. The Morgan fingerprint density at radius 2 is 1.81 bits per heavy atom. The second kappa shape index (κ2) is 6.56. The van der Waals surface area contributed by atoms with E-state index in [-0.39, 0.29) is 5.41 Å². The third-order valence-corrected chi connectivity index (χ3v) is 5.69. The normalized spacial score (nSPS) is 20.4. The summed E-state index contributed by atoms with van der Waals surface area (Å²) in [5.74, 6) is 1.96. The molecule has 3 heteroatoms. The van der Waals surface area contributed by atoms with E-state index in [9.17, 15) is 0 Å². The molecule has 1 N–H and O–H groups in total. The Morgan fingerprint density at radius 3 is 2.54 bits per heavy atom. The fraction of sp³-hybridized carbons (Fsp3) is 0.304. The molecule has 0 radical (unpaired) electrons. The van der Waals surface area contributed by atoms with Crippen molar-refractivity contribution in [3.8, 4) is 5.75 Å². The Hall–Kier alpha value is -2.68. The van der Waals surface area contributed by atoms with Crippen molar-refractivity contribution >= 4 is 16.5 Å². The van der Waals surface area contributed by atoms with E-state index in [1.807, 2.05) is 6.07 Å². The third kappa shape index (κ3) is 2.59. The molecule has 2 aromatic carbocycles. The van der Waals surface area contributed by atoms with Gasteiger partial charge < -0.3 is 14.5 Å². The van der Waals surface area contributed by atoms with E-state index < -0.39 is 0 Å². The van der Waals surface area contributed by atoms with Crippen molar-refractivity contribution in [3.63, 3.8) is 0 Å². The maximum absolute atomic E-state index is 6.04. The first-order valence-electron chi connectivity index (χ1n) is 9.16. The first kappa shape index (κ1) is 16.8. The molecule has 0 amide bonds.